The number of anilines is 1. The molecule has 1 aromatic rings. The second-order valence-corrected chi connectivity index (χ2v) is 5.59. The Bertz CT molecular complexity index is 375. The lowest BCUT2D eigenvalue weighted by Crippen LogP contribution is -2.43. The van der Waals surface area contributed by atoms with Crippen molar-refractivity contribution in [3.63, 3.8) is 0 Å². The van der Waals surface area contributed by atoms with Gasteiger partial charge in [0.25, 0.3) is 0 Å². The van der Waals surface area contributed by atoms with Gasteiger partial charge in [-0.3, -0.25) is 0 Å². The summed E-state index contributed by atoms with van der Waals surface area (Å²) in [5.74, 6) is 0.700. The standard InChI is InChI=1S/C11H19N3O2S/c1-14(2)11-13-10(16-3)9(17-11)6-12-7-4-8(15)5-7/h7-8,12,15H,4-6H2,1-3H3. The van der Waals surface area contributed by atoms with Crippen LogP contribution in [0.5, 0.6) is 5.88 Å². The Morgan fingerprint density at radius 3 is 2.76 bits per heavy atom. The van der Waals surface area contributed by atoms with Gasteiger partial charge in [-0.2, -0.15) is 4.98 Å². The van der Waals surface area contributed by atoms with Crippen molar-refractivity contribution in [3.05, 3.63) is 4.88 Å². The van der Waals surface area contributed by atoms with Gasteiger partial charge < -0.3 is 20.1 Å². The number of aromatic nitrogens is 1. The summed E-state index contributed by atoms with van der Waals surface area (Å²) in [4.78, 5) is 7.48. The second kappa shape index (κ2) is 5.20. The summed E-state index contributed by atoms with van der Waals surface area (Å²) in [6, 6.07) is 0.430. The van der Waals surface area contributed by atoms with Crippen molar-refractivity contribution in [2.75, 3.05) is 26.1 Å². The van der Waals surface area contributed by atoms with Gasteiger partial charge in [0.15, 0.2) is 5.13 Å². The predicted molar refractivity (Wildman–Crippen MR) is 68.9 cm³/mol. The van der Waals surface area contributed by atoms with E-state index in [1.54, 1.807) is 18.4 Å². The smallest absolute Gasteiger partial charge is 0.230 e. The molecular weight excluding hydrogens is 238 g/mol. The van der Waals surface area contributed by atoms with E-state index in [0.717, 1.165) is 29.4 Å². The first-order valence-electron chi connectivity index (χ1n) is 5.72. The van der Waals surface area contributed by atoms with Crippen molar-refractivity contribution >= 4 is 16.5 Å². The van der Waals surface area contributed by atoms with Crippen molar-refractivity contribution in [1.82, 2.24) is 10.3 Å². The molecule has 1 heterocycles. The first-order valence-corrected chi connectivity index (χ1v) is 6.54. The minimum absolute atomic E-state index is 0.117. The fourth-order valence-corrected chi connectivity index (χ4v) is 2.68. The Balaban J connectivity index is 1.94. The topological polar surface area (TPSA) is 57.6 Å². The molecule has 1 saturated carbocycles. The van der Waals surface area contributed by atoms with E-state index in [1.165, 1.54) is 0 Å². The molecule has 5 nitrogen and oxygen atoms in total. The summed E-state index contributed by atoms with van der Waals surface area (Å²) in [6.07, 6.45) is 1.58. The van der Waals surface area contributed by atoms with E-state index in [1.807, 2.05) is 19.0 Å². The van der Waals surface area contributed by atoms with Crippen molar-refractivity contribution < 1.29 is 9.84 Å². The summed E-state index contributed by atoms with van der Waals surface area (Å²) in [6.45, 7) is 0.756. The number of aliphatic hydroxyl groups excluding tert-OH is 1. The second-order valence-electron chi connectivity index (χ2n) is 4.53. The molecule has 0 bridgehead atoms. The number of nitrogens with one attached hydrogen (secondary N) is 1. The van der Waals surface area contributed by atoms with Crippen LogP contribution in [0.3, 0.4) is 0 Å². The lowest BCUT2D eigenvalue weighted by molar-refractivity contribution is 0.0620. The van der Waals surface area contributed by atoms with Crippen LogP contribution in [-0.4, -0.2) is 43.4 Å². The van der Waals surface area contributed by atoms with E-state index >= 15 is 0 Å². The van der Waals surface area contributed by atoms with Crippen LogP contribution < -0.4 is 15.0 Å². The highest BCUT2D eigenvalue weighted by Crippen LogP contribution is 2.31. The molecule has 0 aromatic carbocycles. The van der Waals surface area contributed by atoms with Gasteiger partial charge in [-0.05, 0) is 12.8 Å². The number of ether oxygens (including phenoxy) is 1. The Morgan fingerprint density at radius 2 is 2.24 bits per heavy atom. The zero-order chi connectivity index (χ0) is 12.4. The number of aliphatic hydroxyl groups is 1. The third-order valence-electron chi connectivity index (χ3n) is 2.89. The largest absolute Gasteiger partial charge is 0.480 e. The number of rotatable bonds is 5. The van der Waals surface area contributed by atoms with E-state index in [2.05, 4.69) is 10.3 Å². The molecule has 17 heavy (non-hydrogen) atoms. The van der Waals surface area contributed by atoms with Crippen LogP contribution >= 0.6 is 11.3 Å². The van der Waals surface area contributed by atoms with Crippen LogP contribution in [0.15, 0.2) is 0 Å². The SMILES string of the molecule is COc1nc(N(C)C)sc1CNC1CC(O)C1. The molecule has 1 aliphatic rings. The molecule has 0 spiro atoms. The number of methoxy groups -OCH3 is 1. The van der Waals surface area contributed by atoms with Crippen LogP contribution in [0.1, 0.15) is 17.7 Å². The lowest BCUT2D eigenvalue weighted by Gasteiger charge is -2.32. The van der Waals surface area contributed by atoms with E-state index < -0.39 is 0 Å². The maximum atomic E-state index is 9.21. The van der Waals surface area contributed by atoms with Gasteiger partial charge in [0, 0.05) is 26.7 Å². The summed E-state index contributed by atoms with van der Waals surface area (Å²) < 4.78 is 5.26. The third-order valence-corrected chi connectivity index (χ3v) is 4.09. The average molecular weight is 257 g/mol. The molecule has 0 radical (unpaired) electrons. The molecule has 1 aliphatic carbocycles. The van der Waals surface area contributed by atoms with Crippen LogP contribution in [0.25, 0.3) is 0 Å². The monoisotopic (exact) mass is 257 g/mol. The van der Waals surface area contributed by atoms with Crippen LogP contribution in [-0.2, 0) is 6.54 Å². The van der Waals surface area contributed by atoms with E-state index in [-0.39, 0.29) is 6.10 Å². The minimum atomic E-state index is -0.117. The number of hydrogen-bond acceptors (Lipinski definition) is 6. The van der Waals surface area contributed by atoms with Gasteiger partial charge in [0.2, 0.25) is 5.88 Å². The molecule has 2 N–H and O–H groups in total. The molecular formula is C11H19N3O2S. The Morgan fingerprint density at radius 1 is 1.53 bits per heavy atom. The Hall–Kier alpha value is -0.850. The fourth-order valence-electron chi connectivity index (χ4n) is 1.78. The quantitative estimate of drug-likeness (QED) is 0.818. The van der Waals surface area contributed by atoms with Gasteiger partial charge in [0.1, 0.15) is 0 Å². The highest BCUT2D eigenvalue weighted by molar-refractivity contribution is 7.15. The molecule has 0 unspecified atom stereocenters. The maximum absolute atomic E-state index is 9.21. The molecule has 2 rings (SSSR count). The van der Waals surface area contributed by atoms with Crippen molar-refractivity contribution in [1.29, 1.82) is 0 Å². The highest BCUT2D eigenvalue weighted by atomic mass is 32.1. The summed E-state index contributed by atoms with van der Waals surface area (Å²) in [5, 5.41) is 13.6. The zero-order valence-corrected chi connectivity index (χ0v) is 11.3. The van der Waals surface area contributed by atoms with Gasteiger partial charge in [-0.25, -0.2) is 0 Å². The fraction of sp³-hybridized carbons (Fsp3) is 0.727. The van der Waals surface area contributed by atoms with E-state index in [4.69, 9.17) is 4.74 Å². The molecule has 1 aromatic heterocycles. The van der Waals surface area contributed by atoms with E-state index in [9.17, 15) is 5.11 Å². The predicted octanol–water partition coefficient (Wildman–Crippen LogP) is 0.831. The first-order chi connectivity index (χ1) is 8.10. The zero-order valence-electron chi connectivity index (χ0n) is 10.4. The van der Waals surface area contributed by atoms with Crippen molar-refractivity contribution in [3.8, 4) is 5.88 Å². The van der Waals surface area contributed by atoms with Crippen molar-refractivity contribution in [2.45, 2.75) is 31.5 Å². The highest BCUT2D eigenvalue weighted by Gasteiger charge is 2.27. The molecule has 96 valence electrons. The number of hydrogen-bond donors (Lipinski definition) is 2. The Labute approximate surface area is 105 Å². The maximum Gasteiger partial charge on any atom is 0.230 e. The normalized spacial score (nSPS) is 23.3. The summed E-state index contributed by atoms with van der Waals surface area (Å²) >= 11 is 1.63. The van der Waals surface area contributed by atoms with Crippen LogP contribution in [0.4, 0.5) is 5.13 Å². The summed E-state index contributed by atoms with van der Waals surface area (Å²) in [5.41, 5.74) is 0. The molecule has 0 amide bonds. The molecule has 0 saturated heterocycles. The van der Waals surface area contributed by atoms with Gasteiger partial charge in [0.05, 0.1) is 18.1 Å². The number of thiazole rings is 1. The lowest BCUT2D eigenvalue weighted by atomic mass is 9.89. The third kappa shape index (κ3) is 2.88. The number of nitrogens with zero attached hydrogens (tertiary/aromatic N) is 2. The summed E-state index contributed by atoms with van der Waals surface area (Å²) in [7, 11) is 5.58. The minimum Gasteiger partial charge on any atom is -0.480 e. The molecule has 0 aliphatic heterocycles. The first kappa shape index (κ1) is 12.6. The molecule has 6 heteroatoms. The van der Waals surface area contributed by atoms with Gasteiger partial charge in [-0.15, -0.1) is 0 Å². The molecule has 1 fully saturated rings. The average Bonchev–Trinajstić information content (AvgIpc) is 2.66. The molecule has 0 atom stereocenters. The Kier molecular flexibility index (Phi) is 3.86. The van der Waals surface area contributed by atoms with Gasteiger partial charge >= 0.3 is 0 Å². The van der Waals surface area contributed by atoms with Crippen LogP contribution in [0.2, 0.25) is 0 Å². The van der Waals surface area contributed by atoms with Gasteiger partial charge in [-0.1, -0.05) is 11.3 Å². The van der Waals surface area contributed by atoms with Crippen molar-refractivity contribution in [2.24, 2.45) is 0 Å². The van der Waals surface area contributed by atoms with Crippen LogP contribution in [0, 0.1) is 0 Å². The van der Waals surface area contributed by atoms with E-state index in [0.29, 0.717) is 11.9 Å².